The van der Waals surface area contributed by atoms with Gasteiger partial charge in [-0.1, -0.05) is 0 Å². The maximum atomic E-state index is 11.4. The van der Waals surface area contributed by atoms with Crippen molar-refractivity contribution in [3.63, 3.8) is 0 Å². The van der Waals surface area contributed by atoms with Crippen molar-refractivity contribution in [3.8, 4) is 0 Å². The molecule has 0 amide bonds. The molecule has 0 spiro atoms. The Labute approximate surface area is 91.0 Å². The van der Waals surface area contributed by atoms with Gasteiger partial charge in [0.1, 0.15) is 5.65 Å². The van der Waals surface area contributed by atoms with E-state index in [9.17, 15) is 13.8 Å². The Morgan fingerprint density at radius 3 is 2.81 bits per heavy atom. The summed E-state index contributed by atoms with van der Waals surface area (Å²) in [7, 11) is 1.45. The normalized spacial score (nSPS) is 12.9. The summed E-state index contributed by atoms with van der Waals surface area (Å²) in [5, 5.41) is 0.0991. The molecule has 0 bridgehead atoms. The minimum atomic E-state index is -2.21. The fourth-order valence-electron chi connectivity index (χ4n) is 1.31. The lowest BCUT2D eigenvalue weighted by molar-refractivity contribution is 0.564. The maximum Gasteiger partial charge on any atom is 0.329 e. The number of nitrogens with one attached hydrogen (secondary N) is 1. The van der Waals surface area contributed by atoms with E-state index >= 15 is 0 Å². The molecule has 0 fully saturated rings. The van der Waals surface area contributed by atoms with Gasteiger partial charge < -0.3 is 4.55 Å². The monoisotopic (exact) mass is 241 g/mol. The zero-order valence-corrected chi connectivity index (χ0v) is 8.95. The zero-order chi connectivity index (χ0) is 11.9. The number of aromatic amines is 1. The summed E-state index contributed by atoms with van der Waals surface area (Å²) in [6, 6.07) is 1.23. The molecule has 1 unspecified atom stereocenters. The number of aromatic nitrogens is 3. The summed E-state index contributed by atoms with van der Waals surface area (Å²) >= 11 is -2.21. The number of rotatable bonds is 1. The Morgan fingerprint density at radius 2 is 2.19 bits per heavy atom. The summed E-state index contributed by atoms with van der Waals surface area (Å²) in [4.78, 5) is 28.6. The molecule has 16 heavy (non-hydrogen) atoms. The highest BCUT2D eigenvalue weighted by molar-refractivity contribution is 7.79. The first kappa shape index (κ1) is 10.7. The van der Waals surface area contributed by atoms with Crippen LogP contribution in [0.3, 0.4) is 0 Å². The largest absolute Gasteiger partial charge is 0.329 e. The van der Waals surface area contributed by atoms with Gasteiger partial charge in [0.05, 0.1) is 10.3 Å². The molecule has 0 aliphatic rings. The van der Waals surface area contributed by atoms with Crippen LogP contribution >= 0.6 is 0 Å². The molecular formula is C8H7N3O4S. The molecule has 1 atom stereocenters. The van der Waals surface area contributed by atoms with Gasteiger partial charge in [-0.2, -0.15) is 0 Å². The van der Waals surface area contributed by atoms with Gasteiger partial charge in [0.25, 0.3) is 5.56 Å². The molecule has 7 nitrogen and oxygen atoms in total. The van der Waals surface area contributed by atoms with Gasteiger partial charge in [-0.3, -0.25) is 14.3 Å². The van der Waals surface area contributed by atoms with Gasteiger partial charge in [0, 0.05) is 13.2 Å². The van der Waals surface area contributed by atoms with Gasteiger partial charge in [0.15, 0.2) is 11.1 Å². The van der Waals surface area contributed by atoms with Crippen molar-refractivity contribution in [2.24, 2.45) is 7.05 Å². The van der Waals surface area contributed by atoms with Crippen molar-refractivity contribution in [3.05, 3.63) is 33.1 Å². The van der Waals surface area contributed by atoms with Gasteiger partial charge >= 0.3 is 5.69 Å². The molecule has 0 aliphatic carbocycles. The number of hydrogen-bond donors (Lipinski definition) is 2. The maximum absolute atomic E-state index is 11.4. The topological polar surface area (TPSA) is 105 Å². The first-order chi connectivity index (χ1) is 7.50. The van der Waals surface area contributed by atoms with Gasteiger partial charge in [-0.15, -0.1) is 0 Å². The van der Waals surface area contributed by atoms with Crippen molar-refractivity contribution in [2.75, 3.05) is 0 Å². The zero-order valence-electron chi connectivity index (χ0n) is 8.13. The van der Waals surface area contributed by atoms with E-state index in [2.05, 4.69) is 9.97 Å². The lowest BCUT2D eigenvalue weighted by Gasteiger charge is -2.02. The van der Waals surface area contributed by atoms with E-state index in [1.54, 1.807) is 0 Å². The van der Waals surface area contributed by atoms with Crippen LogP contribution in [0.15, 0.2) is 26.7 Å². The molecule has 0 saturated heterocycles. The minimum Gasteiger partial charge on any atom is -0.302 e. The summed E-state index contributed by atoms with van der Waals surface area (Å²) in [5.41, 5.74) is -1.04. The van der Waals surface area contributed by atoms with Crippen molar-refractivity contribution in [2.45, 2.75) is 4.90 Å². The van der Waals surface area contributed by atoms with Gasteiger partial charge in [-0.25, -0.2) is 14.0 Å². The fraction of sp³-hybridized carbons (Fsp3) is 0.125. The second-order valence-corrected chi connectivity index (χ2v) is 4.08. The standard InChI is InChI=1S/C8H7N3O4S/c1-11-6-5(7(12)10-8(11)13)2-4(3-9-6)16(14)15/h2-3H,1H3,(H,14,15)(H,10,12,13). The third-order valence-corrected chi connectivity index (χ3v) is 2.76. The Balaban J connectivity index is 2.96. The van der Waals surface area contributed by atoms with Crippen LogP contribution in [-0.4, -0.2) is 23.3 Å². The van der Waals surface area contributed by atoms with Gasteiger partial charge in [0.2, 0.25) is 0 Å². The lowest BCUT2D eigenvalue weighted by Crippen LogP contribution is -2.29. The van der Waals surface area contributed by atoms with E-state index in [4.69, 9.17) is 4.55 Å². The Hall–Kier alpha value is -1.80. The predicted molar refractivity (Wildman–Crippen MR) is 56.6 cm³/mol. The molecule has 0 aromatic carbocycles. The Kier molecular flexibility index (Phi) is 2.44. The molecular weight excluding hydrogens is 234 g/mol. The van der Waals surface area contributed by atoms with Crippen LogP contribution in [0.5, 0.6) is 0 Å². The molecule has 0 aliphatic heterocycles. The van der Waals surface area contributed by atoms with E-state index in [-0.39, 0.29) is 15.9 Å². The first-order valence-electron chi connectivity index (χ1n) is 4.20. The molecule has 0 radical (unpaired) electrons. The van der Waals surface area contributed by atoms with Crippen LogP contribution in [0.1, 0.15) is 0 Å². The number of pyridine rings is 1. The molecule has 0 saturated carbocycles. The number of H-pyrrole nitrogens is 1. The van der Waals surface area contributed by atoms with Crippen LogP contribution in [0.4, 0.5) is 0 Å². The quantitative estimate of drug-likeness (QED) is 0.636. The van der Waals surface area contributed by atoms with Crippen LogP contribution in [0.2, 0.25) is 0 Å². The smallest absolute Gasteiger partial charge is 0.302 e. The van der Waals surface area contributed by atoms with E-state index in [1.807, 2.05) is 0 Å². The fourth-order valence-corrected chi connectivity index (χ4v) is 1.67. The Bertz CT molecular complexity index is 702. The number of nitrogens with zero attached hydrogens (tertiary/aromatic N) is 2. The molecule has 8 heteroatoms. The molecule has 2 N–H and O–H groups in total. The highest BCUT2D eigenvalue weighted by Gasteiger charge is 2.08. The third kappa shape index (κ3) is 1.57. The molecule has 2 rings (SSSR count). The van der Waals surface area contributed by atoms with Crippen molar-refractivity contribution < 1.29 is 8.76 Å². The Morgan fingerprint density at radius 1 is 1.50 bits per heavy atom. The minimum absolute atomic E-state index is 0.0108. The highest BCUT2D eigenvalue weighted by Crippen LogP contribution is 2.08. The van der Waals surface area contributed by atoms with Crippen LogP contribution in [0, 0.1) is 0 Å². The average molecular weight is 241 g/mol. The number of hydrogen-bond acceptors (Lipinski definition) is 4. The molecule has 2 aromatic rings. The van der Waals surface area contributed by atoms with Crippen molar-refractivity contribution in [1.82, 2.24) is 14.5 Å². The number of aryl methyl sites for hydroxylation is 1. The third-order valence-electron chi connectivity index (χ3n) is 2.13. The SMILES string of the molecule is Cn1c(=O)[nH]c(=O)c2cc(S(=O)O)cnc21. The van der Waals surface area contributed by atoms with Crippen LogP contribution in [-0.2, 0) is 18.1 Å². The highest BCUT2D eigenvalue weighted by atomic mass is 32.2. The van der Waals surface area contributed by atoms with Crippen LogP contribution < -0.4 is 11.2 Å². The molecule has 2 heterocycles. The van der Waals surface area contributed by atoms with Crippen LogP contribution in [0.25, 0.3) is 11.0 Å². The van der Waals surface area contributed by atoms with E-state index in [0.717, 1.165) is 10.8 Å². The summed E-state index contributed by atoms with van der Waals surface area (Å²) in [6.07, 6.45) is 1.15. The summed E-state index contributed by atoms with van der Waals surface area (Å²) < 4.78 is 20.8. The van der Waals surface area contributed by atoms with Crippen molar-refractivity contribution in [1.29, 1.82) is 0 Å². The summed E-state index contributed by atoms with van der Waals surface area (Å²) in [6.45, 7) is 0. The van der Waals surface area contributed by atoms with E-state index < -0.39 is 22.3 Å². The molecule has 84 valence electrons. The van der Waals surface area contributed by atoms with E-state index in [1.165, 1.54) is 13.1 Å². The average Bonchev–Trinajstić information content (AvgIpc) is 2.25. The number of fused-ring (bicyclic) bond motifs is 1. The summed E-state index contributed by atoms with van der Waals surface area (Å²) in [5.74, 6) is 0. The lowest BCUT2D eigenvalue weighted by atomic mass is 10.3. The van der Waals surface area contributed by atoms with E-state index in [0.29, 0.717) is 0 Å². The predicted octanol–water partition coefficient (Wildman–Crippen LogP) is -0.798. The second-order valence-electron chi connectivity index (χ2n) is 3.11. The second kappa shape index (κ2) is 3.65. The van der Waals surface area contributed by atoms with Crippen molar-refractivity contribution >= 4 is 22.1 Å². The molecule has 2 aromatic heterocycles. The first-order valence-corrected chi connectivity index (χ1v) is 5.31. The van der Waals surface area contributed by atoms with Gasteiger partial charge in [-0.05, 0) is 6.07 Å².